The van der Waals surface area contributed by atoms with E-state index in [0.717, 1.165) is 45.0 Å². The second kappa shape index (κ2) is 9.22. The molecule has 30 heavy (non-hydrogen) atoms. The Bertz CT molecular complexity index is 750. The van der Waals surface area contributed by atoms with Gasteiger partial charge in [-0.1, -0.05) is 12.1 Å². The number of hydrogen-bond acceptors (Lipinski definition) is 5. The molecule has 3 saturated heterocycles. The molecule has 0 spiro atoms. The second-order valence-corrected chi connectivity index (χ2v) is 7.71. The van der Waals surface area contributed by atoms with Crippen LogP contribution in [0.15, 0.2) is 24.3 Å². The number of fused-ring (bicyclic) bond motifs is 1. The Morgan fingerprint density at radius 1 is 1.23 bits per heavy atom. The van der Waals surface area contributed by atoms with E-state index in [1.54, 1.807) is 7.11 Å². The molecule has 0 bridgehead atoms. The molecule has 7 nitrogen and oxygen atoms in total. The Balaban J connectivity index is 0.000000318. The van der Waals surface area contributed by atoms with E-state index in [1.807, 2.05) is 29.2 Å². The van der Waals surface area contributed by atoms with Gasteiger partial charge in [0.15, 0.2) is 0 Å². The zero-order valence-electron chi connectivity index (χ0n) is 16.6. The van der Waals surface area contributed by atoms with Crippen LogP contribution in [0, 0.1) is 11.8 Å². The number of rotatable bonds is 4. The fraction of sp³-hybridized carbons (Fsp3) is 0.600. The van der Waals surface area contributed by atoms with Crippen LogP contribution in [0.1, 0.15) is 12.0 Å². The molecule has 1 unspecified atom stereocenters. The lowest BCUT2D eigenvalue weighted by Gasteiger charge is -2.25. The molecule has 1 amide bonds. The highest BCUT2D eigenvalue weighted by atomic mass is 19.4. The molecule has 0 radical (unpaired) electrons. The number of carbonyl (C=O) groups excluding carboxylic acids is 1. The molecule has 3 aliphatic rings. The summed E-state index contributed by atoms with van der Waals surface area (Å²) in [5, 5.41) is 7.12. The van der Waals surface area contributed by atoms with Gasteiger partial charge < -0.3 is 19.5 Å². The number of ether oxygens (including phenoxy) is 2. The largest absolute Gasteiger partial charge is 0.497 e. The number of hydrogen-bond donors (Lipinski definition) is 1. The fourth-order valence-corrected chi connectivity index (χ4v) is 4.18. The normalized spacial score (nSPS) is 26.3. The van der Waals surface area contributed by atoms with Crippen LogP contribution in [0.5, 0.6) is 5.75 Å². The predicted molar refractivity (Wildman–Crippen MR) is 99.9 cm³/mol. The molecule has 1 N–H and O–H groups in total. The summed E-state index contributed by atoms with van der Waals surface area (Å²) < 4.78 is 42.4. The number of carboxylic acid groups (broad SMARTS) is 1. The second-order valence-electron chi connectivity index (χ2n) is 7.71. The molecule has 0 aromatic heterocycles. The number of aliphatic carboxylic acids is 1. The molecule has 0 aliphatic carbocycles. The summed E-state index contributed by atoms with van der Waals surface area (Å²) in [5.41, 5.74) is 1.17. The number of amides is 1. The van der Waals surface area contributed by atoms with E-state index in [9.17, 15) is 18.0 Å². The van der Waals surface area contributed by atoms with Gasteiger partial charge in [0.1, 0.15) is 5.75 Å². The van der Waals surface area contributed by atoms with Gasteiger partial charge in [-0.2, -0.15) is 13.2 Å². The quantitative estimate of drug-likeness (QED) is 0.788. The van der Waals surface area contributed by atoms with Gasteiger partial charge >= 0.3 is 12.1 Å². The maximum Gasteiger partial charge on any atom is 0.490 e. The van der Waals surface area contributed by atoms with Gasteiger partial charge in [0.25, 0.3) is 0 Å². The first kappa shape index (κ1) is 22.4. The standard InChI is InChI=1S/C18H24N2O3.C2HF3O2/c1-22-16-4-2-13(3-5-16)8-20-10-14-9-19(11-17(14)18(20)21)15-6-7-23-12-15;3-2(4,5)1(6)7/h2-5,14-15,17H,6-12H2,1H3;(H,6,7)/t14-,15?,17-;/m0./s1. The van der Waals surface area contributed by atoms with Crippen LogP contribution in [-0.2, 0) is 20.9 Å². The molecule has 1 aromatic rings. The van der Waals surface area contributed by atoms with Crippen molar-refractivity contribution in [2.24, 2.45) is 11.8 Å². The van der Waals surface area contributed by atoms with Crippen molar-refractivity contribution in [3.63, 3.8) is 0 Å². The van der Waals surface area contributed by atoms with Crippen molar-refractivity contribution in [3.8, 4) is 5.75 Å². The van der Waals surface area contributed by atoms with Crippen LogP contribution < -0.4 is 4.74 Å². The summed E-state index contributed by atoms with van der Waals surface area (Å²) >= 11 is 0. The molecular weight excluding hydrogens is 405 g/mol. The summed E-state index contributed by atoms with van der Waals surface area (Å²) in [4.78, 5) is 26.1. The maximum absolute atomic E-state index is 12.7. The molecule has 3 fully saturated rings. The van der Waals surface area contributed by atoms with E-state index in [1.165, 1.54) is 5.56 Å². The lowest BCUT2D eigenvalue weighted by molar-refractivity contribution is -0.192. The van der Waals surface area contributed by atoms with E-state index < -0.39 is 12.1 Å². The number of alkyl halides is 3. The average molecular weight is 430 g/mol. The van der Waals surface area contributed by atoms with Gasteiger partial charge in [0, 0.05) is 44.7 Å². The maximum atomic E-state index is 12.7. The molecular formula is C20H25F3N2O5. The lowest BCUT2D eigenvalue weighted by atomic mass is 10.0. The SMILES string of the molecule is COc1ccc(CN2C[C@@H]3CN(C4CCOC4)C[C@@H]3C2=O)cc1.O=C(O)C(F)(F)F. The van der Waals surface area contributed by atoms with E-state index >= 15 is 0 Å². The average Bonchev–Trinajstić information content (AvgIpc) is 3.41. The highest BCUT2D eigenvalue weighted by Crippen LogP contribution is 2.35. The zero-order chi connectivity index (χ0) is 21.9. The molecule has 3 aliphatic heterocycles. The Hall–Kier alpha value is -2.33. The van der Waals surface area contributed by atoms with Gasteiger partial charge in [-0.05, 0) is 24.1 Å². The molecule has 4 rings (SSSR count). The fourth-order valence-electron chi connectivity index (χ4n) is 4.18. The number of benzene rings is 1. The van der Waals surface area contributed by atoms with Crippen molar-refractivity contribution in [1.29, 1.82) is 0 Å². The first-order valence-electron chi connectivity index (χ1n) is 9.72. The number of methoxy groups -OCH3 is 1. The summed E-state index contributed by atoms with van der Waals surface area (Å²) in [6.07, 6.45) is -3.97. The molecule has 166 valence electrons. The minimum Gasteiger partial charge on any atom is -0.497 e. The third-order valence-corrected chi connectivity index (χ3v) is 5.75. The molecule has 1 aromatic carbocycles. The van der Waals surface area contributed by atoms with Gasteiger partial charge in [-0.25, -0.2) is 4.79 Å². The van der Waals surface area contributed by atoms with Crippen LogP contribution in [0.25, 0.3) is 0 Å². The smallest absolute Gasteiger partial charge is 0.490 e. The van der Waals surface area contributed by atoms with Crippen molar-refractivity contribution in [2.45, 2.75) is 25.2 Å². The van der Waals surface area contributed by atoms with E-state index in [-0.39, 0.29) is 5.92 Å². The zero-order valence-corrected chi connectivity index (χ0v) is 16.6. The van der Waals surface area contributed by atoms with E-state index in [0.29, 0.717) is 24.4 Å². The molecule has 3 atom stereocenters. The minimum atomic E-state index is -5.08. The van der Waals surface area contributed by atoms with Gasteiger partial charge in [0.05, 0.1) is 19.6 Å². The van der Waals surface area contributed by atoms with Crippen LogP contribution >= 0.6 is 0 Å². The van der Waals surface area contributed by atoms with Crippen LogP contribution in [0.4, 0.5) is 13.2 Å². The van der Waals surface area contributed by atoms with Crippen LogP contribution in [0.2, 0.25) is 0 Å². The third-order valence-electron chi connectivity index (χ3n) is 5.75. The summed E-state index contributed by atoms with van der Waals surface area (Å²) in [6, 6.07) is 8.53. The first-order chi connectivity index (χ1) is 14.2. The predicted octanol–water partition coefficient (Wildman–Crippen LogP) is 2.01. The Labute approximate surface area is 172 Å². The van der Waals surface area contributed by atoms with Crippen molar-refractivity contribution in [2.75, 3.05) is 40.0 Å². The molecule has 0 saturated carbocycles. The highest BCUT2D eigenvalue weighted by Gasteiger charge is 2.47. The summed E-state index contributed by atoms with van der Waals surface area (Å²) in [6.45, 7) is 5.26. The van der Waals surface area contributed by atoms with Gasteiger partial charge in [-0.15, -0.1) is 0 Å². The molecule has 3 heterocycles. The number of carbonyl (C=O) groups is 2. The Kier molecular flexibility index (Phi) is 6.87. The minimum absolute atomic E-state index is 0.189. The molecule has 10 heteroatoms. The van der Waals surface area contributed by atoms with Crippen molar-refractivity contribution < 1.29 is 37.3 Å². The van der Waals surface area contributed by atoms with Crippen molar-refractivity contribution in [1.82, 2.24) is 9.80 Å². The van der Waals surface area contributed by atoms with E-state index in [4.69, 9.17) is 19.4 Å². The Morgan fingerprint density at radius 3 is 2.40 bits per heavy atom. The van der Waals surface area contributed by atoms with E-state index in [2.05, 4.69) is 4.90 Å². The van der Waals surface area contributed by atoms with Crippen molar-refractivity contribution >= 4 is 11.9 Å². The monoisotopic (exact) mass is 430 g/mol. The number of nitrogens with zero attached hydrogens (tertiary/aromatic N) is 2. The van der Waals surface area contributed by atoms with Crippen molar-refractivity contribution in [3.05, 3.63) is 29.8 Å². The summed E-state index contributed by atoms with van der Waals surface area (Å²) in [7, 11) is 1.67. The van der Waals surface area contributed by atoms with Gasteiger partial charge in [0.2, 0.25) is 5.91 Å². The summed E-state index contributed by atoms with van der Waals surface area (Å²) in [5.74, 6) is -0.900. The lowest BCUT2D eigenvalue weighted by Crippen LogP contribution is -2.38. The number of likely N-dealkylation sites (tertiary alicyclic amines) is 2. The number of carboxylic acids is 1. The topological polar surface area (TPSA) is 79.3 Å². The highest BCUT2D eigenvalue weighted by molar-refractivity contribution is 5.82. The first-order valence-corrected chi connectivity index (χ1v) is 9.72. The Morgan fingerprint density at radius 2 is 1.90 bits per heavy atom. The number of halogens is 3. The van der Waals surface area contributed by atoms with Gasteiger partial charge in [-0.3, -0.25) is 9.69 Å². The van der Waals surface area contributed by atoms with Crippen LogP contribution in [0.3, 0.4) is 0 Å². The third kappa shape index (κ3) is 5.23. The van der Waals surface area contributed by atoms with Crippen LogP contribution in [-0.4, -0.2) is 79.0 Å².